The number of likely N-dealkylation sites (N-methyl/N-ethyl adjacent to an activating group) is 1. The van der Waals surface area contributed by atoms with Gasteiger partial charge in [-0.2, -0.15) is 0 Å². The van der Waals surface area contributed by atoms with Gasteiger partial charge in [0, 0.05) is 13.1 Å². The number of thiazole rings is 1. The maximum Gasteiger partial charge on any atom is 0.233 e. The van der Waals surface area contributed by atoms with Crippen LogP contribution in [0.15, 0.2) is 60.7 Å². The van der Waals surface area contributed by atoms with E-state index in [9.17, 15) is 4.79 Å². The van der Waals surface area contributed by atoms with E-state index in [1.54, 1.807) is 11.3 Å². The second-order valence-corrected chi connectivity index (χ2v) is 8.81. The molecule has 4 aromatic rings. The molecule has 1 aromatic heterocycles. The number of aromatic nitrogens is 1. The number of halogens is 1. The van der Waals surface area contributed by atoms with Gasteiger partial charge in [-0.15, -0.1) is 12.4 Å². The molecule has 0 saturated carbocycles. The maximum absolute atomic E-state index is 13.6. The molecule has 3 aromatic carbocycles. The number of carbonyl (C=O) groups is 1. The fourth-order valence-corrected chi connectivity index (χ4v) is 5.09. The third kappa shape index (κ3) is 5.12. The van der Waals surface area contributed by atoms with Gasteiger partial charge in [0.2, 0.25) is 5.91 Å². The molecule has 4 rings (SSSR count). The average molecular weight is 468 g/mol. The summed E-state index contributed by atoms with van der Waals surface area (Å²) < 4.78 is 1.13. The number of hydrogen-bond acceptors (Lipinski definition) is 4. The molecule has 4 nitrogen and oxygen atoms in total. The highest BCUT2D eigenvalue weighted by atomic mass is 35.5. The predicted octanol–water partition coefficient (Wildman–Crippen LogP) is 6.10. The number of carbonyl (C=O) groups excluding carboxylic acids is 1. The second-order valence-electron chi connectivity index (χ2n) is 7.81. The molecule has 0 bridgehead atoms. The lowest BCUT2D eigenvalue weighted by atomic mass is 10.0. The summed E-state index contributed by atoms with van der Waals surface area (Å²) in [6.45, 7) is 9.82. The number of benzene rings is 3. The summed E-state index contributed by atoms with van der Waals surface area (Å²) in [7, 11) is 0. The van der Waals surface area contributed by atoms with Crippen LogP contribution in [0.3, 0.4) is 0 Å². The first kappa shape index (κ1) is 24.2. The van der Waals surface area contributed by atoms with Crippen molar-refractivity contribution in [3.63, 3.8) is 0 Å². The van der Waals surface area contributed by atoms with Gasteiger partial charge in [0.1, 0.15) is 0 Å². The van der Waals surface area contributed by atoms with E-state index in [0.717, 1.165) is 56.9 Å². The van der Waals surface area contributed by atoms with Gasteiger partial charge in [-0.05, 0) is 48.0 Å². The molecular weight excluding hydrogens is 438 g/mol. The molecule has 6 heteroatoms. The lowest BCUT2D eigenvalue weighted by Gasteiger charge is -2.25. The predicted molar refractivity (Wildman–Crippen MR) is 139 cm³/mol. The van der Waals surface area contributed by atoms with Crippen molar-refractivity contribution in [2.75, 3.05) is 31.1 Å². The Bertz CT molecular complexity index is 1200. The molecule has 0 aliphatic carbocycles. The molecule has 168 valence electrons. The van der Waals surface area contributed by atoms with Gasteiger partial charge in [0.05, 0.1) is 16.6 Å². The van der Waals surface area contributed by atoms with Crippen molar-refractivity contribution in [2.45, 2.75) is 27.2 Å². The van der Waals surface area contributed by atoms with Crippen LogP contribution in [-0.4, -0.2) is 42.0 Å². The largest absolute Gasteiger partial charge is 0.302 e. The molecule has 0 fully saturated rings. The molecule has 0 N–H and O–H groups in total. The first-order chi connectivity index (χ1) is 15.1. The monoisotopic (exact) mass is 467 g/mol. The number of anilines is 1. The Hall–Kier alpha value is -2.47. The minimum Gasteiger partial charge on any atom is -0.302 e. The van der Waals surface area contributed by atoms with Crippen LogP contribution in [0.25, 0.3) is 21.0 Å². The van der Waals surface area contributed by atoms with Crippen molar-refractivity contribution >= 4 is 55.8 Å². The van der Waals surface area contributed by atoms with Gasteiger partial charge in [-0.3, -0.25) is 9.69 Å². The Balaban J connectivity index is 0.00000289. The van der Waals surface area contributed by atoms with Gasteiger partial charge in [0.25, 0.3) is 0 Å². The van der Waals surface area contributed by atoms with Gasteiger partial charge in [0.15, 0.2) is 5.13 Å². The highest BCUT2D eigenvalue weighted by Crippen LogP contribution is 2.31. The second kappa shape index (κ2) is 10.9. The molecule has 0 aliphatic rings. The van der Waals surface area contributed by atoms with Crippen LogP contribution >= 0.6 is 23.7 Å². The Labute approximate surface area is 200 Å². The van der Waals surface area contributed by atoms with E-state index in [-0.39, 0.29) is 18.3 Å². The molecule has 0 unspecified atom stereocenters. The number of rotatable bonds is 8. The zero-order chi connectivity index (χ0) is 21.8. The summed E-state index contributed by atoms with van der Waals surface area (Å²) in [6, 6.07) is 20.7. The molecule has 0 spiro atoms. The van der Waals surface area contributed by atoms with Crippen LogP contribution in [0, 0.1) is 6.92 Å². The van der Waals surface area contributed by atoms with Crippen molar-refractivity contribution in [3.8, 4) is 0 Å². The number of fused-ring (bicyclic) bond motifs is 2. The van der Waals surface area contributed by atoms with E-state index in [2.05, 4.69) is 68.1 Å². The van der Waals surface area contributed by atoms with Crippen LogP contribution < -0.4 is 4.90 Å². The normalized spacial score (nSPS) is 11.1. The van der Waals surface area contributed by atoms with Crippen LogP contribution in [0.4, 0.5) is 5.13 Å². The smallest absolute Gasteiger partial charge is 0.233 e. The van der Waals surface area contributed by atoms with Gasteiger partial charge < -0.3 is 4.90 Å². The minimum atomic E-state index is 0. The fraction of sp³-hybridized carbons (Fsp3) is 0.308. The number of amides is 1. The number of para-hydroxylation sites is 1. The molecular formula is C26H30ClN3OS. The summed E-state index contributed by atoms with van der Waals surface area (Å²) >= 11 is 1.60. The third-order valence-electron chi connectivity index (χ3n) is 5.90. The van der Waals surface area contributed by atoms with Crippen LogP contribution in [-0.2, 0) is 11.2 Å². The quantitative estimate of drug-likeness (QED) is 0.314. The number of hydrogen-bond donors (Lipinski definition) is 0. The standard InChI is InChI=1S/C26H29N3OS.ClH/c1-4-28(5-2)16-17-29(26-27-25-19(3)10-8-15-23(25)31-26)24(30)18-21-13-9-12-20-11-6-7-14-22(20)21;/h6-15H,4-5,16-18H2,1-3H3;1H. The van der Waals surface area contributed by atoms with Crippen molar-refractivity contribution in [1.82, 2.24) is 9.88 Å². The van der Waals surface area contributed by atoms with E-state index in [1.807, 2.05) is 23.1 Å². The highest BCUT2D eigenvalue weighted by Gasteiger charge is 2.21. The maximum atomic E-state index is 13.6. The van der Waals surface area contributed by atoms with E-state index in [4.69, 9.17) is 4.98 Å². The molecule has 0 radical (unpaired) electrons. The van der Waals surface area contributed by atoms with Crippen LogP contribution in [0.1, 0.15) is 25.0 Å². The topological polar surface area (TPSA) is 36.4 Å². The van der Waals surface area contributed by atoms with E-state index < -0.39 is 0 Å². The van der Waals surface area contributed by atoms with Crippen molar-refractivity contribution in [2.24, 2.45) is 0 Å². The third-order valence-corrected chi connectivity index (χ3v) is 6.94. The Kier molecular flexibility index (Phi) is 8.24. The van der Waals surface area contributed by atoms with E-state index in [1.165, 1.54) is 0 Å². The average Bonchev–Trinajstić information content (AvgIpc) is 3.22. The lowest BCUT2D eigenvalue weighted by Crippen LogP contribution is -2.39. The Morgan fingerprint density at radius 1 is 0.938 bits per heavy atom. The summed E-state index contributed by atoms with van der Waals surface area (Å²) in [5.41, 5.74) is 3.20. The summed E-state index contributed by atoms with van der Waals surface area (Å²) in [5.74, 6) is 0.0974. The summed E-state index contributed by atoms with van der Waals surface area (Å²) in [5, 5.41) is 3.10. The van der Waals surface area contributed by atoms with Crippen molar-refractivity contribution in [3.05, 3.63) is 71.8 Å². The molecule has 0 saturated heterocycles. The highest BCUT2D eigenvalue weighted by molar-refractivity contribution is 7.22. The summed E-state index contributed by atoms with van der Waals surface area (Å²) in [4.78, 5) is 22.7. The minimum absolute atomic E-state index is 0. The first-order valence-electron chi connectivity index (χ1n) is 11.0. The summed E-state index contributed by atoms with van der Waals surface area (Å²) in [6.07, 6.45) is 0.370. The first-order valence-corrected chi connectivity index (χ1v) is 11.8. The van der Waals surface area contributed by atoms with Gasteiger partial charge in [-0.1, -0.05) is 79.8 Å². The lowest BCUT2D eigenvalue weighted by molar-refractivity contribution is -0.118. The van der Waals surface area contributed by atoms with E-state index in [0.29, 0.717) is 13.0 Å². The van der Waals surface area contributed by atoms with Crippen molar-refractivity contribution < 1.29 is 4.79 Å². The zero-order valence-electron chi connectivity index (χ0n) is 18.9. The zero-order valence-corrected chi connectivity index (χ0v) is 20.5. The van der Waals surface area contributed by atoms with Gasteiger partial charge in [-0.25, -0.2) is 4.98 Å². The van der Waals surface area contributed by atoms with E-state index >= 15 is 0 Å². The van der Waals surface area contributed by atoms with Crippen LogP contribution in [0.2, 0.25) is 0 Å². The van der Waals surface area contributed by atoms with Gasteiger partial charge >= 0.3 is 0 Å². The number of nitrogens with zero attached hydrogens (tertiary/aromatic N) is 3. The number of aryl methyl sites for hydroxylation is 1. The molecule has 1 amide bonds. The van der Waals surface area contributed by atoms with Crippen LogP contribution in [0.5, 0.6) is 0 Å². The molecule has 0 atom stereocenters. The van der Waals surface area contributed by atoms with Crippen molar-refractivity contribution in [1.29, 1.82) is 0 Å². The molecule has 1 heterocycles. The SMILES string of the molecule is CCN(CC)CCN(C(=O)Cc1cccc2ccccc12)c1nc2c(C)cccc2s1.Cl. The Morgan fingerprint density at radius 3 is 2.41 bits per heavy atom. The molecule has 32 heavy (non-hydrogen) atoms. The Morgan fingerprint density at radius 2 is 1.66 bits per heavy atom. The fourth-order valence-electron chi connectivity index (χ4n) is 4.00. The molecule has 0 aliphatic heterocycles.